The van der Waals surface area contributed by atoms with Crippen molar-refractivity contribution in [3.05, 3.63) is 28.2 Å². The summed E-state index contributed by atoms with van der Waals surface area (Å²) in [7, 11) is 0. The monoisotopic (exact) mass is 398 g/mol. The summed E-state index contributed by atoms with van der Waals surface area (Å²) < 4.78 is 0. The summed E-state index contributed by atoms with van der Waals surface area (Å²) in [6, 6.07) is 4.80. The van der Waals surface area contributed by atoms with Crippen LogP contribution in [0.1, 0.15) is 32.1 Å². The maximum atomic E-state index is 12.2. The average Bonchev–Trinajstić information content (AvgIpc) is 3.19. The molecule has 2 N–H and O–H groups in total. The standard InChI is InChI=1S/C16H16Cl2N4O2S/c17-9-5-6-11(18)12(7-9)19-14(23)8-13-15(24)20-16(25-13)22-21-10-3-1-2-4-10/h5-7,13H,1-4,8H2,(H,19,23)(H,20,22,24)/t13-/m0/s1. The average molecular weight is 399 g/mol. The fourth-order valence-electron chi connectivity index (χ4n) is 2.55. The van der Waals surface area contributed by atoms with Gasteiger partial charge in [-0.2, -0.15) is 5.10 Å². The zero-order valence-electron chi connectivity index (χ0n) is 13.2. The van der Waals surface area contributed by atoms with Crippen LogP contribution in [0.5, 0.6) is 0 Å². The number of carbonyl (C=O) groups excluding carboxylic acids is 2. The lowest BCUT2D eigenvalue weighted by molar-refractivity contribution is -0.122. The van der Waals surface area contributed by atoms with Crippen LogP contribution in [0.2, 0.25) is 10.0 Å². The van der Waals surface area contributed by atoms with E-state index in [-0.39, 0.29) is 18.2 Å². The first kappa shape index (κ1) is 18.2. The molecule has 0 bridgehead atoms. The van der Waals surface area contributed by atoms with Crippen molar-refractivity contribution in [2.24, 2.45) is 10.2 Å². The Morgan fingerprint density at radius 1 is 1.28 bits per heavy atom. The van der Waals surface area contributed by atoms with Gasteiger partial charge in [-0.3, -0.25) is 9.59 Å². The zero-order chi connectivity index (χ0) is 17.8. The van der Waals surface area contributed by atoms with Crippen LogP contribution in [0.3, 0.4) is 0 Å². The first-order valence-corrected chi connectivity index (χ1v) is 9.50. The zero-order valence-corrected chi connectivity index (χ0v) is 15.5. The Kier molecular flexibility index (Phi) is 5.98. The fraction of sp³-hybridized carbons (Fsp3) is 0.375. The van der Waals surface area contributed by atoms with Crippen LogP contribution in [-0.4, -0.2) is 27.9 Å². The first-order valence-electron chi connectivity index (χ1n) is 7.87. The maximum Gasteiger partial charge on any atom is 0.240 e. The van der Waals surface area contributed by atoms with E-state index in [0.29, 0.717) is 20.9 Å². The molecule has 3 rings (SSSR count). The van der Waals surface area contributed by atoms with Crippen LogP contribution in [-0.2, 0) is 9.59 Å². The van der Waals surface area contributed by atoms with Gasteiger partial charge in [-0.1, -0.05) is 35.0 Å². The Labute approximate surface area is 159 Å². The number of rotatable bonds is 4. The quantitative estimate of drug-likeness (QED) is 0.755. The highest BCUT2D eigenvalue weighted by Gasteiger charge is 2.32. The van der Waals surface area contributed by atoms with Gasteiger partial charge in [0, 0.05) is 17.2 Å². The van der Waals surface area contributed by atoms with Gasteiger partial charge in [0.05, 0.1) is 10.7 Å². The molecule has 25 heavy (non-hydrogen) atoms. The number of anilines is 1. The van der Waals surface area contributed by atoms with Gasteiger partial charge in [-0.25, -0.2) is 0 Å². The smallest absolute Gasteiger partial charge is 0.240 e. The van der Waals surface area contributed by atoms with E-state index < -0.39 is 5.25 Å². The van der Waals surface area contributed by atoms with Crippen LogP contribution < -0.4 is 10.6 Å². The Morgan fingerprint density at radius 2 is 2.04 bits per heavy atom. The highest BCUT2D eigenvalue weighted by molar-refractivity contribution is 8.15. The Balaban J connectivity index is 1.58. The number of nitrogens with zero attached hydrogens (tertiary/aromatic N) is 2. The number of nitrogens with one attached hydrogen (secondary N) is 2. The molecule has 2 amide bonds. The second-order valence-corrected chi connectivity index (χ2v) is 7.79. The number of hydrogen-bond donors (Lipinski definition) is 2. The first-order chi connectivity index (χ1) is 12.0. The number of carbonyl (C=O) groups is 2. The normalized spacial score (nSPS) is 21.5. The largest absolute Gasteiger partial charge is 0.325 e. The van der Waals surface area contributed by atoms with Gasteiger partial charge in [0.2, 0.25) is 11.8 Å². The molecule has 1 heterocycles. The van der Waals surface area contributed by atoms with Gasteiger partial charge in [0.1, 0.15) is 5.25 Å². The van der Waals surface area contributed by atoms with Crippen molar-refractivity contribution in [1.82, 2.24) is 5.32 Å². The van der Waals surface area contributed by atoms with Crippen molar-refractivity contribution in [3.63, 3.8) is 0 Å². The third kappa shape index (κ3) is 4.96. The molecule has 1 aromatic rings. The highest BCUT2D eigenvalue weighted by atomic mass is 35.5. The number of benzene rings is 1. The maximum absolute atomic E-state index is 12.2. The van der Waals surface area contributed by atoms with E-state index in [9.17, 15) is 9.59 Å². The number of amidine groups is 1. The summed E-state index contributed by atoms with van der Waals surface area (Å²) in [4.78, 5) is 24.2. The van der Waals surface area contributed by atoms with Gasteiger partial charge in [-0.15, -0.1) is 5.10 Å². The van der Waals surface area contributed by atoms with Crippen molar-refractivity contribution in [2.45, 2.75) is 37.4 Å². The lowest BCUT2D eigenvalue weighted by atomic mass is 10.2. The summed E-state index contributed by atoms with van der Waals surface area (Å²) in [5, 5.41) is 14.3. The van der Waals surface area contributed by atoms with E-state index in [4.69, 9.17) is 23.2 Å². The molecule has 0 unspecified atom stereocenters. The molecular weight excluding hydrogens is 383 g/mol. The van der Waals surface area contributed by atoms with Crippen LogP contribution in [0, 0.1) is 0 Å². The lowest BCUT2D eigenvalue weighted by Crippen LogP contribution is -2.28. The van der Waals surface area contributed by atoms with E-state index in [1.54, 1.807) is 18.2 Å². The third-order valence-corrected chi connectivity index (χ3v) is 5.45. The molecule has 1 aromatic carbocycles. The van der Waals surface area contributed by atoms with Crippen molar-refractivity contribution >= 4 is 63.3 Å². The van der Waals surface area contributed by atoms with E-state index in [1.807, 2.05) is 0 Å². The number of amides is 2. The van der Waals surface area contributed by atoms with Gasteiger partial charge >= 0.3 is 0 Å². The van der Waals surface area contributed by atoms with Crippen molar-refractivity contribution in [1.29, 1.82) is 0 Å². The minimum Gasteiger partial charge on any atom is -0.325 e. The minimum atomic E-state index is -0.541. The van der Waals surface area contributed by atoms with E-state index >= 15 is 0 Å². The van der Waals surface area contributed by atoms with Crippen LogP contribution >= 0.6 is 35.0 Å². The SMILES string of the molecule is O=C(C[C@@H]1S/C(=N/N=C2CCCC2)NC1=O)Nc1cc(Cl)ccc1Cl. The second-order valence-electron chi connectivity index (χ2n) is 5.75. The molecule has 1 saturated heterocycles. The number of thioether (sulfide) groups is 1. The Bertz CT molecular complexity index is 759. The molecular formula is C16H16Cl2N4O2S. The molecule has 0 aromatic heterocycles. The molecule has 0 spiro atoms. The topological polar surface area (TPSA) is 82.9 Å². The Morgan fingerprint density at radius 3 is 2.80 bits per heavy atom. The van der Waals surface area contributed by atoms with Crippen LogP contribution in [0.15, 0.2) is 28.4 Å². The van der Waals surface area contributed by atoms with Crippen LogP contribution in [0.4, 0.5) is 5.69 Å². The number of hydrogen-bond acceptors (Lipinski definition) is 5. The van der Waals surface area contributed by atoms with E-state index in [0.717, 1.165) is 31.4 Å². The molecule has 1 aliphatic carbocycles. The molecule has 6 nitrogen and oxygen atoms in total. The lowest BCUT2D eigenvalue weighted by Gasteiger charge is -2.09. The van der Waals surface area contributed by atoms with Crippen molar-refractivity contribution < 1.29 is 9.59 Å². The minimum absolute atomic E-state index is 0.00886. The van der Waals surface area contributed by atoms with Gasteiger partial charge in [0.25, 0.3) is 0 Å². The summed E-state index contributed by atoms with van der Waals surface area (Å²) in [5.74, 6) is -0.567. The Hall–Kier alpha value is -1.57. The van der Waals surface area contributed by atoms with E-state index in [2.05, 4.69) is 20.8 Å². The summed E-state index contributed by atoms with van der Waals surface area (Å²) in [6.45, 7) is 0. The van der Waals surface area contributed by atoms with Gasteiger partial charge < -0.3 is 10.6 Å². The van der Waals surface area contributed by atoms with E-state index in [1.165, 1.54) is 11.8 Å². The molecule has 2 fully saturated rings. The van der Waals surface area contributed by atoms with Gasteiger partial charge in [0.15, 0.2) is 5.17 Å². The summed E-state index contributed by atoms with van der Waals surface area (Å²) in [5.41, 5.74) is 1.48. The van der Waals surface area contributed by atoms with Crippen molar-refractivity contribution in [2.75, 3.05) is 5.32 Å². The van der Waals surface area contributed by atoms with Crippen molar-refractivity contribution in [3.8, 4) is 0 Å². The molecule has 0 radical (unpaired) electrons. The molecule has 132 valence electrons. The molecule has 9 heteroatoms. The molecule has 1 aliphatic heterocycles. The molecule has 1 saturated carbocycles. The highest BCUT2D eigenvalue weighted by Crippen LogP contribution is 2.27. The third-order valence-electron chi connectivity index (χ3n) is 3.81. The predicted octanol–water partition coefficient (Wildman–Crippen LogP) is 3.84. The van der Waals surface area contributed by atoms with Crippen LogP contribution in [0.25, 0.3) is 0 Å². The fourth-order valence-corrected chi connectivity index (χ4v) is 3.80. The molecule has 2 aliphatic rings. The predicted molar refractivity (Wildman–Crippen MR) is 103 cm³/mol. The van der Waals surface area contributed by atoms with Gasteiger partial charge in [-0.05, 0) is 43.9 Å². The second kappa shape index (κ2) is 8.21. The summed E-state index contributed by atoms with van der Waals surface area (Å²) >= 11 is 13.1. The molecule has 1 atom stereocenters. The summed E-state index contributed by atoms with van der Waals surface area (Å²) in [6.07, 6.45) is 4.20. The number of halogens is 2.